The van der Waals surface area contributed by atoms with Gasteiger partial charge in [-0.2, -0.15) is 0 Å². The van der Waals surface area contributed by atoms with Crippen LogP contribution >= 0.6 is 11.8 Å². The van der Waals surface area contributed by atoms with Crippen LogP contribution in [0.4, 0.5) is 0 Å². The number of aromatic nitrogens is 2. The molecule has 4 nitrogen and oxygen atoms in total. The predicted octanol–water partition coefficient (Wildman–Crippen LogP) is 3.93. The van der Waals surface area contributed by atoms with E-state index in [-0.39, 0.29) is 11.1 Å². The van der Waals surface area contributed by atoms with Gasteiger partial charge >= 0.3 is 5.97 Å². The van der Waals surface area contributed by atoms with Gasteiger partial charge in [-0.25, -0.2) is 14.8 Å². The Labute approximate surface area is 128 Å². The number of aromatic carboxylic acids is 1. The van der Waals surface area contributed by atoms with E-state index in [2.05, 4.69) is 42.9 Å². The molecule has 110 valence electrons. The number of carboxylic acid groups (broad SMARTS) is 1. The molecular weight excluding hydrogens is 284 g/mol. The first kappa shape index (κ1) is 15.5. The molecular formula is C16H18N2O2S. The first-order valence-electron chi connectivity index (χ1n) is 6.63. The number of carboxylic acids is 1. The normalized spacial score (nSPS) is 11.4. The maximum absolute atomic E-state index is 11.0. The first-order valence-corrected chi connectivity index (χ1v) is 7.45. The van der Waals surface area contributed by atoms with Gasteiger partial charge in [0.25, 0.3) is 0 Å². The van der Waals surface area contributed by atoms with Crippen LogP contribution in [0.2, 0.25) is 0 Å². The highest BCUT2D eigenvalue weighted by atomic mass is 32.2. The van der Waals surface area contributed by atoms with E-state index in [1.165, 1.54) is 23.4 Å². The average molecular weight is 302 g/mol. The molecule has 2 rings (SSSR count). The van der Waals surface area contributed by atoms with E-state index >= 15 is 0 Å². The quantitative estimate of drug-likeness (QED) is 0.870. The molecule has 2 aromatic rings. The molecule has 0 atom stereocenters. The van der Waals surface area contributed by atoms with Crippen LogP contribution in [0.15, 0.2) is 40.4 Å². The maximum Gasteiger partial charge on any atom is 0.354 e. The second-order valence-electron chi connectivity index (χ2n) is 5.86. The second kappa shape index (κ2) is 5.85. The Kier molecular flexibility index (Phi) is 4.32. The summed E-state index contributed by atoms with van der Waals surface area (Å²) in [6.45, 7) is 8.26. The van der Waals surface area contributed by atoms with Crippen molar-refractivity contribution in [1.29, 1.82) is 0 Å². The van der Waals surface area contributed by atoms with Gasteiger partial charge < -0.3 is 5.11 Å². The lowest BCUT2D eigenvalue weighted by molar-refractivity contribution is 0.0689. The standard InChI is InChI=1S/C16H18N2O2S/c1-10-9-13(14(19)20)18-15(17-10)21-12-7-5-11(6-8-12)16(2,3)4/h5-9H,1-4H3,(H,19,20). The molecule has 0 amide bonds. The van der Waals surface area contributed by atoms with Crippen LogP contribution in [0.1, 0.15) is 42.5 Å². The van der Waals surface area contributed by atoms with Crippen LogP contribution in [0.3, 0.4) is 0 Å². The number of aryl methyl sites for hydroxylation is 1. The Balaban J connectivity index is 2.24. The summed E-state index contributed by atoms with van der Waals surface area (Å²) in [5.41, 5.74) is 2.04. The summed E-state index contributed by atoms with van der Waals surface area (Å²) in [5.74, 6) is -1.04. The second-order valence-corrected chi connectivity index (χ2v) is 6.90. The minimum atomic E-state index is -1.04. The van der Waals surface area contributed by atoms with Gasteiger partial charge in [0.2, 0.25) is 0 Å². The van der Waals surface area contributed by atoms with E-state index in [1.807, 2.05) is 12.1 Å². The lowest BCUT2D eigenvalue weighted by atomic mass is 9.87. The van der Waals surface area contributed by atoms with Gasteiger partial charge in [0.15, 0.2) is 10.9 Å². The monoisotopic (exact) mass is 302 g/mol. The number of hydrogen-bond acceptors (Lipinski definition) is 4. The predicted molar refractivity (Wildman–Crippen MR) is 83.0 cm³/mol. The molecule has 0 aliphatic heterocycles. The van der Waals surface area contributed by atoms with Crippen LogP contribution in [0, 0.1) is 6.92 Å². The van der Waals surface area contributed by atoms with Crippen molar-refractivity contribution in [2.75, 3.05) is 0 Å². The minimum absolute atomic E-state index is 0.0244. The molecule has 21 heavy (non-hydrogen) atoms. The van der Waals surface area contributed by atoms with Crippen molar-refractivity contribution in [1.82, 2.24) is 9.97 Å². The van der Waals surface area contributed by atoms with Crippen molar-refractivity contribution >= 4 is 17.7 Å². The van der Waals surface area contributed by atoms with Crippen molar-refractivity contribution in [3.05, 3.63) is 47.3 Å². The summed E-state index contributed by atoms with van der Waals surface area (Å²) in [7, 11) is 0. The smallest absolute Gasteiger partial charge is 0.354 e. The fraction of sp³-hybridized carbons (Fsp3) is 0.312. The highest BCUT2D eigenvalue weighted by Crippen LogP contribution is 2.28. The number of benzene rings is 1. The molecule has 0 saturated carbocycles. The molecule has 0 aliphatic rings. The van der Waals surface area contributed by atoms with Crippen LogP contribution in [-0.2, 0) is 5.41 Å². The van der Waals surface area contributed by atoms with E-state index in [9.17, 15) is 4.79 Å². The Hall–Kier alpha value is -1.88. The SMILES string of the molecule is Cc1cc(C(=O)O)nc(Sc2ccc(C(C)(C)C)cc2)n1. The highest BCUT2D eigenvalue weighted by molar-refractivity contribution is 7.99. The molecule has 0 aliphatic carbocycles. The van der Waals surface area contributed by atoms with Crippen molar-refractivity contribution in [2.45, 2.75) is 43.2 Å². The van der Waals surface area contributed by atoms with Gasteiger partial charge in [-0.1, -0.05) is 32.9 Å². The largest absolute Gasteiger partial charge is 0.477 e. The fourth-order valence-electron chi connectivity index (χ4n) is 1.82. The zero-order chi connectivity index (χ0) is 15.6. The molecule has 0 spiro atoms. The van der Waals surface area contributed by atoms with Gasteiger partial charge in [0.1, 0.15) is 0 Å². The topological polar surface area (TPSA) is 63.1 Å². The zero-order valence-electron chi connectivity index (χ0n) is 12.5. The van der Waals surface area contributed by atoms with Crippen molar-refractivity contribution < 1.29 is 9.90 Å². The molecule has 0 fully saturated rings. The lowest BCUT2D eigenvalue weighted by Crippen LogP contribution is -2.10. The average Bonchev–Trinajstić information content (AvgIpc) is 2.37. The molecule has 1 aromatic carbocycles. The van der Waals surface area contributed by atoms with Crippen LogP contribution in [0.5, 0.6) is 0 Å². The Bertz CT molecular complexity index is 661. The molecule has 0 saturated heterocycles. The molecule has 1 N–H and O–H groups in total. The van der Waals surface area contributed by atoms with Gasteiger partial charge in [-0.15, -0.1) is 0 Å². The molecule has 5 heteroatoms. The summed E-state index contributed by atoms with van der Waals surface area (Å²) in [4.78, 5) is 20.3. The van der Waals surface area contributed by atoms with E-state index in [0.717, 1.165) is 4.90 Å². The van der Waals surface area contributed by atoms with E-state index < -0.39 is 5.97 Å². The summed E-state index contributed by atoms with van der Waals surface area (Å²) in [6, 6.07) is 9.65. The number of carbonyl (C=O) groups is 1. The Morgan fingerprint density at radius 1 is 1.14 bits per heavy atom. The first-order chi connectivity index (χ1) is 9.75. The molecule has 0 radical (unpaired) electrons. The van der Waals surface area contributed by atoms with E-state index in [1.54, 1.807) is 6.92 Å². The molecule has 0 unspecified atom stereocenters. The number of rotatable bonds is 3. The summed E-state index contributed by atoms with van der Waals surface area (Å²) in [5, 5.41) is 9.48. The lowest BCUT2D eigenvalue weighted by Gasteiger charge is -2.18. The van der Waals surface area contributed by atoms with Gasteiger partial charge in [0.05, 0.1) is 0 Å². The molecule has 1 aromatic heterocycles. The van der Waals surface area contributed by atoms with Crippen LogP contribution in [-0.4, -0.2) is 21.0 Å². The van der Waals surface area contributed by atoms with Crippen LogP contribution in [0.25, 0.3) is 0 Å². The van der Waals surface area contributed by atoms with Gasteiger partial charge in [-0.05, 0) is 47.9 Å². The van der Waals surface area contributed by atoms with Crippen molar-refractivity contribution in [3.8, 4) is 0 Å². The van der Waals surface area contributed by atoms with E-state index in [0.29, 0.717) is 10.9 Å². The van der Waals surface area contributed by atoms with Gasteiger partial charge in [0, 0.05) is 10.6 Å². The van der Waals surface area contributed by atoms with E-state index in [4.69, 9.17) is 5.11 Å². The molecule has 1 heterocycles. The van der Waals surface area contributed by atoms with Gasteiger partial charge in [-0.3, -0.25) is 0 Å². The third-order valence-corrected chi connectivity index (χ3v) is 3.86. The number of hydrogen-bond donors (Lipinski definition) is 1. The maximum atomic E-state index is 11.0. The third-order valence-electron chi connectivity index (χ3n) is 2.98. The fourth-order valence-corrected chi connectivity index (χ4v) is 2.64. The van der Waals surface area contributed by atoms with Crippen molar-refractivity contribution in [3.63, 3.8) is 0 Å². The number of nitrogens with zero attached hydrogens (tertiary/aromatic N) is 2. The molecule has 0 bridgehead atoms. The Morgan fingerprint density at radius 3 is 2.29 bits per heavy atom. The zero-order valence-corrected chi connectivity index (χ0v) is 13.4. The highest BCUT2D eigenvalue weighted by Gasteiger charge is 2.14. The summed E-state index contributed by atoms with van der Waals surface area (Å²) in [6.07, 6.45) is 0. The summed E-state index contributed by atoms with van der Waals surface area (Å²) < 4.78 is 0. The summed E-state index contributed by atoms with van der Waals surface area (Å²) >= 11 is 1.37. The Morgan fingerprint density at radius 2 is 1.76 bits per heavy atom. The third kappa shape index (κ3) is 4.04. The van der Waals surface area contributed by atoms with Crippen LogP contribution < -0.4 is 0 Å². The minimum Gasteiger partial charge on any atom is -0.477 e. The van der Waals surface area contributed by atoms with Crippen molar-refractivity contribution in [2.24, 2.45) is 0 Å².